The van der Waals surface area contributed by atoms with Crippen molar-refractivity contribution in [1.82, 2.24) is 15.2 Å². The highest BCUT2D eigenvalue weighted by Gasteiger charge is 2.26. The van der Waals surface area contributed by atoms with E-state index in [-0.39, 0.29) is 11.8 Å². The van der Waals surface area contributed by atoms with Gasteiger partial charge in [0.1, 0.15) is 11.9 Å². The fourth-order valence-electron chi connectivity index (χ4n) is 3.44. The van der Waals surface area contributed by atoms with Crippen molar-refractivity contribution < 1.29 is 9.59 Å². The van der Waals surface area contributed by atoms with Crippen LogP contribution in [-0.4, -0.2) is 53.9 Å². The molecule has 0 saturated carbocycles. The van der Waals surface area contributed by atoms with Crippen molar-refractivity contribution in [3.63, 3.8) is 0 Å². The second-order valence-electron chi connectivity index (χ2n) is 7.13. The van der Waals surface area contributed by atoms with Crippen molar-refractivity contribution in [1.29, 1.82) is 0 Å². The third-order valence-corrected chi connectivity index (χ3v) is 5.02. The average molecular weight is 380 g/mol. The molecule has 0 bridgehead atoms. The maximum atomic E-state index is 12.6. The highest BCUT2D eigenvalue weighted by Crippen LogP contribution is 2.13. The van der Waals surface area contributed by atoms with E-state index in [2.05, 4.69) is 27.3 Å². The first-order valence-electron chi connectivity index (χ1n) is 9.91. The largest absolute Gasteiger partial charge is 0.353 e. The summed E-state index contributed by atoms with van der Waals surface area (Å²) < 4.78 is 0. The van der Waals surface area contributed by atoms with Crippen molar-refractivity contribution in [3.8, 4) is 0 Å². The van der Waals surface area contributed by atoms with Crippen LogP contribution in [0.1, 0.15) is 25.3 Å². The van der Waals surface area contributed by atoms with Crippen LogP contribution < -0.4 is 10.2 Å². The molecule has 0 spiro atoms. The number of benzene rings is 1. The summed E-state index contributed by atoms with van der Waals surface area (Å²) in [6.45, 7) is 4.55. The van der Waals surface area contributed by atoms with Crippen LogP contribution in [0.3, 0.4) is 0 Å². The predicted molar refractivity (Wildman–Crippen MR) is 110 cm³/mol. The molecule has 2 aromatic rings. The van der Waals surface area contributed by atoms with Gasteiger partial charge in [-0.25, -0.2) is 4.98 Å². The summed E-state index contributed by atoms with van der Waals surface area (Å²) >= 11 is 0. The van der Waals surface area contributed by atoms with Crippen molar-refractivity contribution in [2.45, 2.75) is 32.2 Å². The Labute approximate surface area is 166 Å². The smallest absolute Gasteiger partial charge is 0.244 e. The standard InChI is InChI=1S/C22H28N4O2/c1-18(24-21(27)12-7-10-19-8-3-2-4-9-19)22(28)26-16-14-25(15-17-26)20-11-5-6-13-23-20/h2-6,8-9,11,13,18H,7,10,12,14-17H2,1H3,(H,24,27)/t18-/m1/s1. The van der Waals surface area contributed by atoms with E-state index in [1.54, 1.807) is 13.1 Å². The molecule has 0 unspecified atom stereocenters. The molecule has 1 aromatic heterocycles. The second-order valence-corrected chi connectivity index (χ2v) is 7.13. The van der Waals surface area contributed by atoms with Gasteiger partial charge in [-0.2, -0.15) is 0 Å². The number of nitrogens with zero attached hydrogens (tertiary/aromatic N) is 3. The molecule has 1 saturated heterocycles. The predicted octanol–water partition coefficient (Wildman–Crippen LogP) is 2.26. The summed E-state index contributed by atoms with van der Waals surface area (Å²) in [5.41, 5.74) is 1.23. The van der Waals surface area contributed by atoms with Crippen LogP contribution in [0.5, 0.6) is 0 Å². The number of carbonyl (C=O) groups excluding carboxylic acids is 2. The number of carbonyl (C=O) groups is 2. The molecule has 0 radical (unpaired) electrons. The first kappa shape index (κ1) is 19.9. The van der Waals surface area contributed by atoms with E-state index >= 15 is 0 Å². The minimum atomic E-state index is -0.495. The number of nitrogens with one attached hydrogen (secondary N) is 1. The number of aryl methyl sites for hydroxylation is 1. The topological polar surface area (TPSA) is 65.5 Å². The van der Waals surface area contributed by atoms with Crippen LogP contribution in [0.25, 0.3) is 0 Å². The maximum Gasteiger partial charge on any atom is 0.244 e. The normalized spacial score (nSPS) is 15.2. The summed E-state index contributed by atoms with van der Waals surface area (Å²) in [6, 6.07) is 15.5. The Morgan fingerprint density at radius 2 is 1.75 bits per heavy atom. The van der Waals surface area contributed by atoms with Gasteiger partial charge in [0.15, 0.2) is 0 Å². The number of hydrogen-bond acceptors (Lipinski definition) is 4. The van der Waals surface area contributed by atoms with Crippen LogP contribution >= 0.6 is 0 Å². The number of amides is 2. The molecule has 1 aromatic carbocycles. The van der Waals surface area contributed by atoms with Gasteiger partial charge in [-0.3, -0.25) is 9.59 Å². The van der Waals surface area contributed by atoms with E-state index in [9.17, 15) is 9.59 Å². The highest BCUT2D eigenvalue weighted by molar-refractivity contribution is 5.87. The zero-order chi connectivity index (χ0) is 19.8. The van der Waals surface area contributed by atoms with Crippen molar-refractivity contribution in [2.75, 3.05) is 31.1 Å². The van der Waals surface area contributed by atoms with Gasteiger partial charge in [0.2, 0.25) is 11.8 Å². The van der Waals surface area contributed by atoms with E-state index in [1.165, 1.54) is 5.56 Å². The van der Waals surface area contributed by atoms with Gasteiger partial charge in [0.05, 0.1) is 0 Å². The lowest BCUT2D eigenvalue weighted by Gasteiger charge is -2.36. The third-order valence-electron chi connectivity index (χ3n) is 5.02. The average Bonchev–Trinajstić information content (AvgIpc) is 2.74. The Morgan fingerprint density at radius 3 is 2.43 bits per heavy atom. The lowest BCUT2D eigenvalue weighted by molar-refractivity contribution is -0.136. The van der Waals surface area contributed by atoms with E-state index in [1.807, 2.05) is 41.3 Å². The molecule has 1 N–H and O–H groups in total. The van der Waals surface area contributed by atoms with E-state index in [4.69, 9.17) is 0 Å². The molecule has 1 aliphatic rings. The molecule has 1 aliphatic heterocycles. The molecule has 28 heavy (non-hydrogen) atoms. The zero-order valence-electron chi connectivity index (χ0n) is 16.4. The summed E-state index contributed by atoms with van der Waals surface area (Å²) in [5.74, 6) is 0.857. The van der Waals surface area contributed by atoms with Gasteiger partial charge in [0.25, 0.3) is 0 Å². The number of pyridine rings is 1. The fourth-order valence-corrected chi connectivity index (χ4v) is 3.44. The Bertz CT molecular complexity index is 759. The molecule has 0 aliphatic carbocycles. The zero-order valence-corrected chi connectivity index (χ0v) is 16.4. The lowest BCUT2D eigenvalue weighted by Crippen LogP contribution is -2.54. The number of aromatic nitrogens is 1. The van der Waals surface area contributed by atoms with E-state index < -0.39 is 6.04 Å². The SMILES string of the molecule is C[C@@H](NC(=O)CCCc1ccccc1)C(=O)N1CCN(c2ccccn2)CC1. The molecule has 148 valence electrons. The van der Waals surface area contributed by atoms with Crippen molar-refractivity contribution >= 4 is 17.6 Å². The molecule has 3 rings (SSSR count). The van der Waals surface area contributed by atoms with Gasteiger partial charge in [-0.05, 0) is 37.5 Å². The number of anilines is 1. The fraction of sp³-hybridized carbons (Fsp3) is 0.409. The molecule has 1 fully saturated rings. The summed E-state index contributed by atoms with van der Waals surface area (Å²) in [6.07, 6.45) is 3.85. The minimum Gasteiger partial charge on any atom is -0.353 e. The minimum absolute atomic E-state index is 0.0166. The van der Waals surface area contributed by atoms with Crippen LogP contribution in [-0.2, 0) is 16.0 Å². The highest BCUT2D eigenvalue weighted by atomic mass is 16.2. The Hall–Kier alpha value is -2.89. The van der Waals surface area contributed by atoms with Crippen LogP contribution in [0, 0.1) is 0 Å². The van der Waals surface area contributed by atoms with Gasteiger partial charge in [-0.1, -0.05) is 36.4 Å². The third kappa shape index (κ3) is 5.55. The van der Waals surface area contributed by atoms with Crippen LogP contribution in [0.4, 0.5) is 5.82 Å². The lowest BCUT2D eigenvalue weighted by atomic mass is 10.1. The first-order valence-corrected chi connectivity index (χ1v) is 9.91. The number of rotatable bonds is 7. The Kier molecular flexibility index (Phi) is 7.00. The Morgan fingerprint density at radius 1 is 1.04 bits per heavy atom. The van der Waals surface area contributed by atoms with Gasteiger partial charge < -0.3 is 15.1 Å². The summed E-state index contributed by atoms with van der Waals surface area (Å²) in [4.78, 5) is 33.2. The van der Waals surface area contributed by atoms with Crippen LogP contribution in [0.15, 0.2) is 54.7 Å². The van der Waals surface area contributed by atoms with Crippen molar-refractivity contribution in [3.05, 3.63) is 60.3 Å². The molecular formula is C22H28N4O2. The Balaban J connectivity index is 1.39. The summed E-state index contributed by atoms with van der Waals surface area (Å²) in [7, 11) is 0. The van der Waals surface area contributed by atoms with Gasteiger partial charge in [0, 0.05) is 38.8 Å². The van der Waals surface area contributed by atoms with Gasteiger partial charge >= 0.3 is 0 Å². The second kappa shape index (κ2) is 9.88. The molecule has 2 amide bonds. The molecule has 6 heteroatoms. The van der Waals surface area contributed by atoms with E-state index in [0.717, 1.165) is 31.7 Å². The first-order chi connectivity index (χ1) is 13.6. The van der Waals surface area contributed by atoms with E-state index in [0.29, 0.717) is 19.5 Å². The maximum absolute atomic E-state index is 12.6. The molecule has 2 heterocycles. The molecule has 6 nitrogen and oxygen atoms in total. The number of piperazine rings is 1. The van der Waals surface area contributed by atoms with Crippen molar-refractivity contribution in [2.24, 2.45) is 0 Å². The number of hydrogen-bond donors (Lipinski definition) is 1. The molecular weight excluding hydrogens is 352 g/mol. The monoisotopic (exact) mass is 380 g/mol. The summed E-state index contributed by atoms with van der Waals surface area (Å²) in [5, 5.41) is 2.85. The quantitative estimate of drug-likeness (QED) is 0.800. The van der Waals surface area contributed by atoms with Crippen LogP contribution in [0.2, 0.25) is 0 Å². The van der Waals surface area contributed by atoms with Gasteiger partial charge in [-0.15, -0.1) is 0 Å². The molecule has 1 atom stereocenters.